The van der Waals surface area contributed by atoms with Crippen LogP contribution in [0.3, 0.4) is 0 Å². The third-order valence-electron chi connectivity index (χ3n) is 4.27. The third-order valence-corrected chi connectivity index (χ3v) is 4.27. The number of amides is 1. The first-order valence-electron chi connectivity index (χ1n) is 8.68. The molecule has 0 aromatic heterocycles. The number of nitrogen functional groups attached to an aromatic ring is 1. The molecule has 0 bridgehead atoms. The summed E-state index contributed by atoms with van der Waals surface area (Å²) in [4.78, 5) is 14.2. The lowest BCUT2D eigenvalue weighted by atomic mass is 10.1. The zero-order valence-electron chi connectivity index (χ0n) is 14.9. The van der Waals surface area contributed by atoms with Crippen molar-refractivity contribution in [2.24, 2.45) is 0 Å². The van der Waals surface area contributed by atoms with Crippen LogP contribution in [0, 0.1) is 5.82 Å². The van der Waals surface area contributed by atoms with Gasteiger partial charge in [0.05, 0.1) is 11.4 Å². The quantitative estimate of drug-likeness (QED) is 0.721. The Bertz CT molecular complexity index is 714. The van der Waals surface area contributed by atoms with Crippen molar-refractivity contribution in [1.29, 1.82) is 0 Å². The summed E-state index contributed by atoms with van der Waals surface area (Å²) in [5.41, 5.74) is 9.41. The van der Waals surface area contributed by atoms with Crippen molar-refractivity contribution in [2.75, 3.05) is 23.7 Å². The minimum Gasteiger partial charge on any atom is -0.397 e. The molecule has 0 unspecified atom stereocenters. The summed E-state index contributed by atoms with van der Waals surface area (Å²) >= 11 is 0. The van der Waals surface area contributed by atoms with Crippen molar-refractivity contribution in [2.45, 2.75) is 33.2 Å². The number of hydrogen-bond donors (Lipinski definition) is 2. The number of nitrogens with one attached hydrogen (secondary N) is 1. The van der Waals surface area contributed by atoms with E-state index in [4.69, 9.17) is 5.73 Å². The molecule has 0 saturated heterocycles. The summed E-state index contributed by atoms with van der Waals surface area (Å²) in [5, 5.41) is 2.75. The van der Waals surface area contributed by atoms with Gasteiger partial charge in [-0.2, -0.15) is 0 Å². The largest absolute Gasteiger partial charge is 0.397 e. The minimum absolute atomic E-state index is 0.102. The average molecular weight is 343 g/mol. The van der Waals surface area contributed by atoms with Crippen molar-refractivity contribution in [1.82, 2.24) is 5.32 Å². The van der Waals surface area contributed by atoms with Crippen LogP contribution in [-0.2, 0) is 17.8 Å². The zero-order chi connectivity index (χ0) is 18.2. The molecular weight excluding hydrogens is 317 g/mol. The number of halogens is 1. The van der Waals surface area contributed by atoms with Gasteiger partial charge in [-0.1, -0.05) is 24.3 Å². The van der Waals surface area contributed by atoms with Crippen LogP contribution in [0.5, 0.6) is 0 Å². The molecule has 2 aromatic rings. The number of benzene rings is 2. The number of carbonyl (C=O) groups excluding carboxylic acids is 1. The zero-order valence-corrected chi connectivity index (χ0v) is 14.9. The topological polar surface area (TPSA) is 58.4 Å². The number of anilines is 2. The average Bonchev–Trinajstić information content (AvgIpc) is 2.61. The van der Waals surface area contributed by atoms with Gasteiger partial charge in [-0.05, 0) is 44.0 Å². The fraction of sp³-hybridized carbons (Fsp3) is 0.350. The summed E-state index contributed by atoms with van der Waals surface area (Å²) in [6.45, 7) is 6.19. The van der Waals surface area contributed by atoms with Crippen molar-refractivity contribution in [3.8, 4) is 0 Å². The van der Waals surface area contributed by atoms with E-state index < -0.39 is 0 Å². The lowest BCUT2D eigenvalue weighted by Gasteiger charge is -2.23. The lowest BCUT2D eigenvalue weighted by molar-refractivity contribution is -0.121. The Morgan fingerprint density at radius 3 is 2.52 bits per heavy atom. The first-order chi connectivity index (χ1) is 12.0. The van der Waals surface area contributed by atoms with Crippen molar-refractivity contribution in [3.05, 3.63) is 59.4 Å². The predicted octanol–water partition coefficient (Wildman–Crippen LogP) is 3.50. The highest BCUT2D eigenvalue weighted by Crippen LogP contribution is 2.24. The highest BCUT2D eigenvalue weighted by atomic mass is 19.1. The molecule has 0 aliphatic heterocycles. The van der Waals surface area contributed by atoms with Gasteiger partial charge in [0.2, 0.25) is 5.91 Å². The van der Waals surface area contributed by atoms with Gasteiger partial charge in [-0.25, -0.2) is 4.39 Å². The summed E-state index contributed by atoms with van der Waals surface area (Å²) < 4.78 is 13.5. The summed E-state index contributed by atoms with van der Waals surface area (Å²) in [6, 6.07) is 12.4. The van der Waals surface area contributed by atoms with E-state index in [2.05, 4.69) is 24.1 Å². The van der Waals surface area contributed by atoms with Crippen molar-refractivity contribution in [3.63, 3.8) is 0 Å². The number of aryl methyl sites for hydroxylation is 1. The highest BCUT2D eigenvalue weighted by molar-refractivity contribution is 5.76. The van der Waals surface area contributed by atoms with E-state index in [-0.39, 0.29) is 18.3 Å². The normalized spacial score (nSPS) is 10.5. The van der Waals surface area contributed by atoms with Crippen LogP contribution >= 0.6 is 0 Å². The predicted molar refractivity (Wildman–Crippen MR) is 101 cm³/mol. The number of hydrogen-bond acceptors (Lipinski definition) is 3. The molecular formula is C20H26FN3O. The maximum Gasteiger partial charge on any atom is 0.220 e. The Hall–Kier alpha value is -2.56. The Morgan fingerprint density at radius 2 is 1.88 bits per heavy atom. The van der Waals surface area contributed by atoms with Crippen molar-refractivity contribution >= 4 is 17.3 Å². The molecule has 0 heterocycles. The molecule has 25 heavy (non-hydrogen) atoms. The van der Waals surface area contributed by atoms with Crippen molar-refractivity contribution < 1.29 is 9.18 Å². The van der Waals surface area contributed by atoms with Crippen LogP contribution in [-0.4, -0.2) is 19.0 Å². The highest BCUT2D eigenvalue weighted by Gasteiger charge is 2.09. The summed E-state index contributed by atoms with van der Waals surface area (Å²) in [7, 11) is 0. The molecule has 0 atom stereocenters. The lowest BCUT2D eigenvalue weighted by Crippen LogP contribution is -2.24. The summed E-state index contributed by atoms with van der Waals surface area (Å²) in [6.07, 6.45) is 0.949. The second-order valence-corrected chi connectivity index (χ2v) is 5.93. The van der Waals surface area contributed by atoms with Crippen LogP contribution in [0.15, 0.2) is 42.5 Å². The van der Waals surface area contributed by atoms with Crippen LogP contribution in [0.4, 0.5) is 15.8 Å². The van der Waals surface area contributed by atoms with Gasteiger partial charge in [0.1, 0.15) is 5.82 Å². The summed E-state index contributed by atoms with van der Waals surface area (Å²) in [5.74, 6) is -0.405. The molecule has 0 spiro atoms. The number of nitrogens with two attached hydrogens (primary N) is 1. The Morgan fingerprint density at radius 1 is 1.16 bits per heavy atom. The Kier molecular flexibility index (Phi) is 6.81. The minimum atomic E-state index is -0.303. The van der Waals surface area contributed by atoms with E-state index in [1.165, 1.54) is 6.07 Å². The molecule has 0 radical (unpaired) electrons. The van der Waals surface area contributed by atoms with E-state index >= 15 is 0 Å². The monoisotopic (exact) mass is 343 g/mol. The van der Waals surface area contributed by atoms with Crippen LogP contribution in [0.25, 0.3) is 0 Å². The maximum atomic E-state index is 13.5. The van der Waals surface area contributed by atoms with Gasteiger partial charge in [-0.3, -0.25) is 4.79 Å². The Labute approximate surface area is 148 Å². The molecule has 2 rings (SSSR count). The molecule has 0 aliphatic carbocycles. The van der Waals surface area contributed by atoms with E-state index in [1.54, 1.807) is 18.2 Å². The van der Waals surface area contributed by atoms with E-state index in [0.29, 0.717) is 18.4 Å². The van der Waals surface area contributed by atoms with Crippen LogP contribution in [0.2, 0.25) is 0 Å². The van der Waals surface area contributed by atoms with E-state index in [0.717, 1.165) is 30.0 Å². The van der Waals surface area contributed by atoms with Gasteiger partial charge in [-0.15, -0.1) is 0 Å². The number of carbonyl (C=O) groups is 1. The van der Waals surface area contributed by atoms with E-state index in [9.17, 15) is 9.18 Å². The molecule has 0 aliphatic rings. The van der Waals surface area contributed by atoms with Crippen LogP contribution in [0.1, 0.15) is 31.4 Å². The third kappa shape index (κ3) is 5.21. The molecule has 0 fully saturated rings. The maximum absolute atomic E-state index is 13.5. The second kappa shape index (κ2) is 9.06. The van der Waals surface area contributed by atoms with E-state index in [1.807, 2.05) is 18.2 Å². The molecule has 134 valence electrons. The number of nitrogens with zero attached hydrogens (tertiary/aromatic N) is 1. The Balaban J connectivity index is 1.87. The molecule has 2 aromatic carbocycles. The smallest absolute Gasteiger partial charge is 0.220 e. The molecule has 0 saturated carbocycles. The SMILES string of the molecule is CCN(CC)c1ccc(CCC(=O)NCc2ccccc2F)cc1N. The first-order valence-corrected chi connectivity index (χ1v) is 8.68. The van der Waals surface area contributed by atoms with Gasteiger partial charge >= 0.3 is 0 Å². The van der Waals surface area contributed by atoms with Gasteiger partial charge in [0.15, 0.2) is 0 Å². The fourth-order valence-corrected chi connectivity index (χ4v) is 2.79. The molecule has 4 nitrogen and oxygen atoms in total. The standard InChI is InChI=1S/C20H26FN3O/c1-3-24(4-2)19-11-9-15(13-18(19)22)10-12-20(25)23-14-16-7-5-6-8-17(16)21/h5-9,11,13H,3-4,10,12,14,22H2,1-2H3,(H,23,25). The van der Waals surface area contributed by atoms with Gasteiger partial charge in [0, 0.05) is 31.6 Å². The fourth-order valence-electron chi connectivity index (χ4n) is 2.79. The second-order valence-electron chi connectivity index (χ2n) is 5.93. The molecule has 3 N–H and O–H groups in total. The number of rotatable bonds is 8. The first kappa shape index (κ1) is 18.8. The van der Waals surface area contributed by atoms with Gasteiger partial charge in [0.25, 0.3) is 0 Å². The molecule has 5 heteroatoms. The van der Waals surface area contributed by atoms with Gasteiger partial charge < -0.3 is 16.0 Å². The molecule has 1 amide bonds. The van der Waals surface area contributed by atoms with Crippen LogP contribution < -0.4 is 16.0 Å².